The summed E-state index contributed by atoms with van der Waals surface area (Å²) >= 11 is 0. The fourth-order valence-electron chi connectivity index (χ4n) is 11.3. The zero-order chi connectivity index (χ0) is 38.6. The van der Waals surface area contributed by atoms with Gasteiger partial charge in [0.05, 0.1) is 0 Å². The van der Waals surface area contributed by atoms with Crippen LogP contribution in [0.2, 0.25) is 0 Å². The second-order valence-electron chi connectivity index (χ2n) is 17.5. The van der Waals surface area contributed by atoms with Crippen molar-refractivity contribution >= 4 is 86.2 Å². The van der Waals surface area contributed by atoms with Gasteiger partial charge in [-0.2, -0.15) is 0 Å². The minimum atomic E-state index is 0.350. The van der Waals surface area contributed by atoms with Gasteiger partial charge in [0, 0.05) is 0 Å². The van der Waals surface area contributed by atoms with Crippen molar-refractivity contribution in [2.45, 2.75) is 39.5 Å². The zero-order valence-electron chi connectivity index (χ0n) is 33.2. The van der Waals surface area contributed by atoms with Gasteiger partial charge in [0.1, 0.15) is 0 Å². The minimum Gasteiger partial charge on any atom is -0.0622 e. The average Bonchev–Trinajstić information content (AvgIpc) is 3.87. The van der Waals surface area contributed by atoms with E-state index >= 15 is 0 Å². The van der Waals surface area contributed by atoms with Crippen molar-refractivity contribution in [2.75, 3.05) is 0 Å². The van der Waals surface area contributed by atoms with Crippen molar-refractivity contribution in [3.05, 3.63) is 169 Å². The second kappa shape index (κ2) is 11.4. The van der Waals surface area contributed by atoms with Crippen molar-refractivity contribution < 1.29 is 0 Å². The third-order valence-corrected chi connectivity index (χ3v) is 13.7. The smallest absolute Gasteiger partial charge is 0.000741 e. The summed E-state index contributed by atoms with van der Waals surface area (Å²) in [6.07, 6.45) is 0. The maximum absolute atomic E-state index is 2.61. The summed E-state index contributed by atoms with van der Waals surface area (Å²) in [4.78, 5) is 0. The Hall–Kier alpha value is -6.76. The quantitative estimate of drug-likeness (QED) is 0.169. The summed E-state index contributed by atoms with van der Waals surface area (Å²) in [5.41, 5.74) is 13.7. The molecule has 0 radical (unpaired) electrons. The number of rotatable bonds is 4. The van der Waals surface area contributed by atoms with Gasteiger partial charge < -0.3 is 0 Å². The van der Waals surface area contributed by atoms with E-state index in [1.54, 1.807) is 0 Å². The zero-order valence-corrected chi connectivity index (χ0v) is 33.2. The summed E-state index contributed by atoms with van der Waals surface area (Å²) in [7, 11) is 0. The molecule has 0 amide bonds. The van der Waals surface area contributed by atoms with Crippen molar-refractivity contribution in [1.29, 1.82) is 0 Å². The summed E-state index contributed by atoms with van der Waals surface area (Å²) in [6.45, 7) is 9.53. The lowest BCUT2D eigenvalue weighted by Crippen LogP contribution is -1.94. The maximum atomic E-state index is 2.61. The molecule has 0 N–H and O–H groups in total. The second-order valence-corrected chi connectivity index (χ2v) is 17.5. The topological polar surface area (TPSA) is 0 Å². The molecule has 1 aliphatic rings. The van der Waals surface area contributed by atoms with E-state index in [2.05, 4.69) is 185 Å². The van der Waals surface area contributed by atoms with E-state index in [0.717, 1.165) is 0 Å². The highest BCUT2D eigenvalue weighted by Gasteiger charge is 2.32. The number of hydrogen-bond acceptors (Lipinski definition) is 0. The normalized spacial score (nSPS) is 12.8. The molecule has 12 aromatic carbocycles. The molecule has 0 heteroatoms. The third-order valence-electron chi connectivity index (χ3n) is 13.7. The van der Waals surface area contributed by atoms with E-state index in [1.165, 1.54) is 142 Å². The molecule has 0 heterocycles. The molecule has 0 spiro atoms. The molecular formula is C58H40. The molecule has 1 aliphatic carbocycles. The van der Waals surface area contributed by atoms with E-state index in [-0.39, 0.29) is 0 Å². The van der Waals surface area contributed by atoms with Gasteiger partial charge in [-0.1, -0.05) is 149 Å². The Labute approximate surface area is 337 Å². The molecule has 0 aliphatic heterocycles. The van der Waals surface area contributed by atoms with E-state index in [4.69, 9.17) is 0 Å². The van der Waals surface area contributed by atoms with Crippen molar-refractivity contribution in [2.24, 2.45) is 0 Å². The van der Waals surface area contributed by atoms with Crippen LogP contribution in [0.4, 0.5) is 0 Å². The Kier molecular flexibility index (Phi) is 6.37. The lowest BCUT2D eigenvalue weighted by molar-refractivity contribution is 0.872. The molecule has 0 saturated carbocycles. The fraction of sp³-hybridized carbons (Fsp3) is 0.103. The first kappa shape index (κ1) is 32.3. The van der Waals surface area contributed by atoms with Gasteiger partial charge in [-0.05, 0) is 190 Å². The molecule has 0 unspecified atom stereocenters. The Balaban J connectivity index is 1.30. The predicted molar refractivity (Wildman–Crippen MR) is 252 cm³/mol. The molecule has 0 saturated heterocycles. The van der Waals surface area contributed by atoms with Gasteiger partial charge in [-0.3, -0.25) is 0 Å². The van der Waals surface area contributed by atoms with Gasteiger partial charge >= 0.3 is 0 Å². The van der Waals surface area contributed by atoms with E-state index in [1.807, 2.05) is 0 Å². The first-order chi connectivity index (χ1) is 28.5. The molecule has 58 heavy (non-hydrogen) atoms. The molecule has 272 valence electrons. The average molecular weight is 737 g/mol. The van der Waals surface area contributed by atoms with Crippen LogP contribution in [0.15, 0.2) is 158 Å². The summed E-state index contributed by atoms with van der Waals surface area (Å²) in [5, 5.41) is 21.7. The third kappa shape index (κ3) is 4.05. The number of hydrogen-bond donors (Lipinski definition) is 0. The molecule has 0 atom stereocenters. The first-order valence-corrected chi connectivity index (χ1v) is 21.0. The Morgan fingerprint density at radius 1 is 0.276 bits per heavy atom. The van der Waals surface area contributed by atoms with Gasteiger partial charge in [0.25, 0.3) is 0 Å². The van der Waals surface area contributed by atoms with Crippen LogP contribution in [0.25, 0.3) is 131 Å². The Bertz CT molecular complexity index is 3690. The molecule has 13 rings (SSSR count). The highest BCUT2D eigenvalue weighted by Crippen LogP contribution is 2.59. The highest BCUT2D eigenvalue weighted by atomic mass is 14.3. The van der Waals surface area contributed by atoms with Crippen LogP contribution in [-0.2, 0) is 0 Å². The van der Waals surface area contributed by atoms with Crippen LogP contribution in [0.3, 0.4) is 0 Å². The summed E-state index contributed by atoms with van der Waals surface area (Å²) < 4.78 is 0. The summed E-state index contributed by atoms with van der Waals surface area (Å²) in [6, 6.07) is 60.3. The van der Waals surface area contributed by atoms with E-state index < -0.39 is 0 Å². The van der Waals surface area contributed by atoms with Crippen LogP contribution >= 0.6 is 0 Å². The van der Waals surface area contributed by atoms with Crippen LogP contribution in [-0.4, -0.2) is 0 Å². The molecular weight excluding hydrogens is 697 g/mol. The van der Waals surface area contributed by atoms with Gasteiger partial charge in [-0.15, -0.1) is 0 Å². The molecule has 0 fully saturated rings. The SMILES string of the molecule is CC(C)c1cc2c3cc4c(-c5ccccc5)c5c6cccc7cccc(c5c(-c5ccccc5)c4cc3c3c(C(C)C)cc4c(c1-c1cc5ccccc5cc1-4)c23)c76. The van der Waals surface area contributed by atoms with Crippen LogP contribution < -0.4 is 0 Å². The van der Waals surface area contributed by atoms with E-state index in [0.29, 0.717) is 11.8 Å². The largest absolute Gasteiger partial charge is 0.0622 e. The van der Waals surface area contributed by atoms with Gasteiger partial charge in [-0.25, -0.2) is 0 Å². The molecule has 0 bridgehead atoms. The highest BCUT2D eigenvalue weighted by molar-refractivity contribution is 6.43. The minimum absolute atomic E-state index is 0.350. The molecule has 12 aromatic rings. The van der Waals surface area contributed by atoms with Crippen molar-refractivity contribution in [1.82, 2.24) is 0 Å². The van der Waals surface area contributed by atoms with Crippen LogP contribution in [0.1, 0.15) is 50.7 Å². The van der Waals surface area contributed by atoms with Crippen LogP contribution in [0.5, 0.6) is 0 Å². The first-order valence-electron chi connectivity index (χ1n) is 21.0. The Morgan fingerprint density at radius 2 is 0.793 bits per heavy atom. The van der Waals surface area contributed by atoms with Crippen LogP contribution in [0, 0.1) is 0 Å². The number of benzene rings is 10. The van der Waals surface area contributed by atoms with Crippen molar-refractivity contribution in [3.8, 4) is 44.5 Å². The van der Waals surface area contributed by atoms with Gasteiger partial charge in [0.15, 0.2) is 0 Å². The lowest BCUT2D eigenvalue weighted by Gasteiger charge is -2.18. The molecule has 0 aromatic heterocycles. The van der Waals surface area contributed by atoms with Crippen molar-refractivity contribution in [3.63, 3.8) is 0 Å². The maximum Gasteiger partial charge on any atom is -0.000741 e. The standard InChI is InChI=1S/C58H40/c1-31(2)40-28-47-43-29-48-49(30-45(43)54-41(32(3)4)27-46-42-25-36-19-11-12-20-37(36)26-44(42)53(40)57(46)58(47)54)52(35-17-9-6-10-18-35)56-39-24-14-22-33-21-13-23-38(50(33)39)55(56)51(48)34-15-7-5-8-16-34/h5-32H,1-4H3. The fourth-order valence-corrected chi connectivity index (χ4v) is 11.3. The van der Waals surface area contributed by atoms with Gasteiger partial charge in [0.2, 0.25) is 0 Å². The van der Waals surface area contributed by atoms with E-state index in [9.17, 15) is 0 Å². The molecule has 0 nitrogen and oxygen atoms in total. The summed E-state index contributed by atoms with van der Waals surface area (Å²) in [5.74, 6) is 0.717. The monoisotopic (exact) mass is 736 g/mol. The Morgan fingerprint density at radius 3 is 1.38 bits per heavy atom. The predicted octanol–water partition coefficient (Wildman–Crippen LogP) is 17.0. The number of fused-ring (bicyclic) bond motifs is 11. The lowest BCUT2D eigenvalue weighted by atomic mass is 9.85.